The SMILES string of the molecule is O=c1n(CC2CO2)c(=O)n(CC2CO2)[n+](=O)n1CC1CO1. The van der Waals surface area contributed by atoms with Crippen LogP contribution in [0, 0.1) is 4.91 Å². The number of nitrogens with zero attached hydrogens (tertiary/aromatic N) is 4. The monoisotopic (exact) mass is 299 g/mol. The summed E-state index contributed by atoms with van der Waals surface area (Å²) in [5.41, 5.74) is -1.26. The number of hydrogen-bond acceptors (Lipinski definition) is 6. The second kappa shape index (κ2) is 4.61. The smallest absolute Gasteiger partial charge is 0.371 e. The Bertz CT molecular complexity index is 606. The molecule has 0 radical (unpaired) electrons. The van der Waals surface area contributed by atoms with Gasteiger partial charge >= 0.3 is 11.4 Å². The number of aromatic nitrogens is 4. The van der Waals surface area contributed by atoms with Crippen molar-refractivity contribution >= 4 is 0 Å². The molecule has 0 N–H and O–H groups in total. The van der Waals surface area contributed by atoms with Gasteiger partial charge in [-0.05, 0) is 9.36 Å². The Morgan fingerprint density at radius 1 is 0.857 bits per heavy atom. The van der Waals surface area contributed by atoms with Crippen molar-refractivity contribution in [2.75, 3.05) is 19.8 Å². The Labute approximate surface area is 117 Å². The molecule has 3 aliphatic heterocycles. The minimum absolute atomic E-state index is 0.130. The summed E-state index contributed by atoms with van der Waals surface area (Å²) in [6.07, 6.45) is -0.414. The van der Waals surface area contributed by atoms with E-state index < -0.39 is 11.4 Å². The summed E-state index contributed by atoms with van der Waals surface area (Å²) in [4.78, 5) is 37.0. The van der Waals surface area contributed by atoms with E-state index >= 15 is 0 Å². The molecule has 114 valence electrons. The second-order valence-electron chi connectivity index (χ2n) is 5.46. The molecule has 3 fully saturated rings. The molecule has 10 heteroatoms. The molecule has 3 aliphatic rings. The quantitative estimate of drug-likeness (QED) is 0.407. The zero-order chi connectivity index (χ0) is 14.6. The van der Waals surface area contributed by atoms with Crippen LogP contribution in [-0.2, 0) is 33.8 Å². The van der Waals surface area contributed by atoms with E-state index in [1.807, 2.05) is 0 Å². The lowest BCUT2D eigenvalue weighted by atomic mass is 10.4. The first-order valence-electron chi connectivity index (χ1n) is 6.86. The Morgan fingerprint density at radius 2 is 1.24 bits per heavy atom. The van der Waals surface area contributed by atoms with E-state index in [-0.39, 0.29) is 37.9 Å². The van der Waals surface area contributed by atoms with Gasteiger partial charge in [-0.25, -0.2) is 14.2 Å². The molecular weight excluding hydrogens is 284 g/mol. The van der Waals surface area contributed by atoms with Crippen LogP contribution in [0.5, 0.6) is 0 Å². The van der Waals surface area contributed by atoms with Gasteiger partial charge in [0.1, 0.15) is 25.3 Å². The van der Waals surface area contributed by atoms with Gasteiger partial charge in [0.15, 0.2) is 0 Å². The largest absolute Gasteiger partial charge is 0.387 e. The van der Waals surface area contributed by atoms with Crippen molar-refractivity contribution in [2.45, 2.75) is 37.9 Å². The lowest BCUT2D eigenvalue weighted by Crippen LogP contribution is -2.61. The molecule has 10 nitrogen and oxygen atoms in total. The predicted octanol–water partition coefficient (Wildman–Crippen LogP) is -3.08. The molecule has 0 spiro atoms. The minimum Gasteiger partial charge on any atom is -0.371 e. The maximum absolute atomic E-state index is 12.3. The Kier molecular flexibility index (Phi) is 2.84. The van der Waals surface area contributed by atoms with Crippen LogP contribution >= 0.6 is 0 Å². The first kappa shape index (κ1) is 12.9. The average Bonchev–Trinajstić information content (AvgIpc) is 3.31. The maximum atomic E-state index is 12.3. The fraction of sp³-hybridized carbons (Fsp3) is 0.818. The standard InChI is InChI=1S/C11H15N4O6/c16-10-12(1-7-4-19-7)11(17)14(3-9-6-21-9)15(18)13(10)2-8-5-20-8/h7-9H,1-6H2/q+1. The van der Waals surface area contributed by atoms with E-state index in [4.69, 9.17) is 14.2 Å². The summed E-state index contributed by atoms with van der Waals surface area (Å²) in [5.74, 6) is 0. The normalized spacial score (nSPS) is 29.4. The van der Waals surface area contributed by atoms with Crippen LogP contribution in [0.2, 0.25) is 0 Å². The summed E-state index contributed by atoms with van der Waals surface area (Å²) in [7, 11) is 0. The van der Waals surface area contributed by atoms with Crippen molar-refractivity contribution in [3.63, 3.8) is 0 Å². The molecular formula is C11H15N4O6+. The van der Waals surface area contributed by atoms with Crippen molar-refractivity contribution in [1.82, 2.24) is 13.9 Å². The molecule has 0 amide bonds. The molecule has 4 heterocycles. The highest BCUT2D eigenvalue weighted by Gasteiger charge is 2.35. The van der Waals surface area contributed by atoms with Gasteiger partial charge in [-0.1, -0.05) is 0 Å². The van der Waals surface area contributed by atoms with E-state index in [0.717, 1.165) is 13.9 Å². The van der Waals surface area contributed by atoms with Gasteiger partial charge in [-0.2, -0.15) is 0 Å². The molecule has 0 bridgehead atoms. The third-order valence-electron chi connectivity index (χ3n) is 3.66. The summed E-state index contributed by atoms with van der Waals surface area (Å²) < 4.78 is 18.6. The molecule has 4 rings (SSSR count). The molecule has 0 aromatic carbocycles. The van der Waals surface area contributed by atoms with Crippen molar-refractivity contribution in [3.05, 3.63) is 25.9 Å². The van der Waals surface area contributed by atoms with E-state index in [0.29, 0.717) is 24.5 Å². The van der Waals surface area contributed by atoms with E-state index in [1.165, 1.54) is 0 Å². The first-order chi connectivity index (χ1) is 10.1. The average molecular weight is 299 g/mol. The van der Waals surface area contributed by atoms with E-state index in [2.05, 4.69) is 0 Å². The predicted molar refractivity (Wildman–Crippen MR) is 65.5 cm³/mol. The zero-order valence-electron chi connectivity index (χ0n) is 11.2. The fourth-order valence-corrected chi connectivity index (χ4v) is 2.20. The van der Waals surface area contributed by atoms with Crippen molar-refractivity contribution in [3.8, 4) is 0 Å². The van der Waals surface area contributed by atoms with Crippen molar-refractivity contribution in [2.24, 2.45) is 0 Å². The Hall–Kier alpha value is -1.78. The van der Waals surface area contributed by atoms with Crippen LogP contribution in [-0.4, -0.2) is 52.1 Å². The van der Waals surface area contributed by atoms with Crippen LogP contribution in [0.15, 0.2) is 9.59 Å². The van der Waals surface area contributed by atoms with Gasteiger partial charge in [0.05, 0.1) is 37.4 Å². The Morgan fingerprint density at radius 3 is 1.62 bits per heavy atom. The number of rotatable bonds is 6. The minimum atomic E-state index is -0.631. The highest BCUT2D eigenvalue weighted by molar-refractivity contribution is 4.78. The Balaban J connectivity index is 1.81. The lowest BCUT2D eigenvalue weighted by Gasteiger charge is -2.04. The summed E-state index contributed by atoms with van der Waals surface area (Å²) in [5, 5.41) is 0. The van der Waals surface area contributed by atoms with Crippen molar-refractivity contribution in [1.29, 1.82) is 0 Å². The number of hydrogen-bond donors (Lipinski definition) is 0. The summed E-state index contributed by atoms with van der Waals surface area (Å²) in [6.45, 7) is 2.00. The molecule has 3 atom stereocenters. The molecule has 0 saturated carbocycles. The molecule has 0 aliphatic carbocycles. The van der Waals surface area contributed by atoms with Gasteiger partial charge in [-0.3, -0.25) is 0 Å². The number of ether oxygens (including phenoxy) is 3. The van der Waals surface area contributed by atoms with Gasteiger partial charge < -0.3 is 14.2 Å². The van der Waals surface area contributed by atoms with Crippen LogP contribution in [0.3, 0.4) is 0 Å². The maximum Gasteiger partial charge on any atom is 0.387 e. The molecule has 1 aromatic heterocycles. The van der Waals surface area contributed by atoms with E-state index in [9.17, 15) is 14.5 Å². The molecule has 3 unspecified atom stereocenters. The van der Waals surface area contributed by atoms with Gasteiger partial charge in [0.2, 0.25) is 0 Å². The van der Waals surface area contributed by atoms with Crippen LogP contribution < -0.4 is 16.0 Å². The van der Waals surface area contributed by atoms with Crippen molar-refractivity contribution < 1.29 is 18.9 Å². The highest BCUT2D eigenvalue weighted by atomic mass is 16.6. The van der Waals surface area contributed by atoms with E-state index in [1.54, 1.807) is 0 Å². The fourth-order valence-electron chi connectivity index (χ4n) is 2.20. The summed E-state index contributed by atoms with van der Waals surface area (Å²) >= 11 is 0. The zero-order valence-corrected chi connectivity index (χ0v) is 11.2. The van der Waals surface area contributed by atoms with Gasteiger partial charge in [0, 0.05) is 0 Å². The molecule has 1 aromatic rings. The van der Waals surface area contributed by atoms with Crippen LogP contribution in [0.1, 0.15) is 0 Å². The summed E-state index contributed by atoms with van der Waals surface area (Å²) in [6, 6.07) is 0. The highest BCUT2D eigenvalue weighted by Crippen LogP contribution is 2.11. The van der Waals surface area contributed by atoms with Crippen LogP contribution in [0.25, 0.3) is 0 Å². The molecule has 3 saturated heterocycles. The molecule has 21 heavy (non-hydrogen) atoms. The van der Waals surface area contributed by atoms with Crippen LogP contribution in [0.4, 0.5) is 0 Å². The first-order valence-corrected chi connectivity index (χ1v) is 6.86. The number of epoxide rings is 3. The second-order valence-corrected chi connectivity index (χ2v) is 5.46. The topological polar surface area (TPSA) is 109 Å². The van der Waals surface area contributed by atoms with Gasteiger partial charge in [0.25, 0.3) is 4.66 Å². The third-order valence-corrected chi connectivity index (χ3v) is 3.66. The third kappa shape index (κ3) is 2.57. The lowest BCUT2D eigenvalue weighted by molar-refractivity contribution is -0.694. The van der Waals surface area contributed by atoms with Gasteiger partial charge in [-0.15, -0.1) is 0 Å².